The van der Waals surface area contributed by atoms with Gasteiger partial charge in [-0.2, -0.15) is 5.10 Å². The smallest absolute Gasteiger partial charge is 0.339 e. The molecule has 0 radical (unpaired) electrons. The minimum absolute atomic E-state index is 0.123. The lowest BCUT2D eigenvalue weighted by Gasteiger charge is -2.21. The first-order chi connectivity index (χ1) is 12.3. The van der Waals surface area contributed by atoms with E-state index in [0.29, 0.717) is 11.4 Å². The SMILES string of the molecule is CC(C)(C(N)=O)c1ccc(-n2cc(C(=O)O)c(-c3ccccc3)n2)cc1. The number of amides is 1. The number of hydrogen-bond acceptors (Lipinski definition) is 3. The Balaban J connectivity index is 2.03. The normalized spacial score (nSPS) is 11.3. The zero-order valence-corrected chi connectivity index (χ0v) is 14.5. The van der Waals surface area contributed by atoms with Crippen LogP contribution in [0, 0.1) is 0 Å². The van der Waals surface area contributed by atoms with E-state index in [1.54, 1.807) is 38.1 Å². The molecule has 0 fully saturated rings. The van der Waals surface area contributed by atoms with Crippen LogP contribution in [-0.4, -0.2) is 26.8 Å². The molecule has 0 aliphatic rings. The first kappa shape index (κ1) is 17.4. The number of aromatic carboxylic acids is 1. The number of primary amides is 1. The van der Waals surface area contributed by atoms with Gasteiger partial charge in [0.1, 0.15) is 11.3 Å². The fraction of sp³-hybridized carbons (Fsp3) is 0.150. The summed E-state index contributed by atoms with van der Waals surface area (Å²) in [6.07, 6.45) is 1.49. The quantitative estimate of drug-likeness (QED) is 0.740. The Hall–Kier alpha value is -3.41. The average molecular weight is 349 g/mol. The number of nitrogens with zero attached hydrogens (tertiary/aromatic N) is 2. The van der Waals surface area contributed by atoms with Gasteiger partial charge in [0, 0.05) is 11.8 Å². The fourth-order valence-electron chi connectivity index (χ4n) is 2.65. The van der Waals surface area contributed by atoms with Gasteiger partial charge in [0.2, 0.25) is 5.91 Å². The lowest BCUT2D eigenvalue weighted by molar-refractivity contribution is -0.122. The lowest BCUT2D eigenvalue weighted by atomic mass is 9.84. The minimum atomic E-state index is -1.04. The number of carbonyl (C=O) groups excluding carboxylic acids is 1. The van der Waals surface area contributed by atoms with Crippen LogP contribution in [0.3, 0.4) is 0 Å². The topological polar surface area (TPSA) is 98.2 Å². The van der Waals surface area contributed by atoms with E-state index in [2.05, 4.69) is 5.10 Å². The van der Waals surface area contributed by atoms with E-state index in [0.717, 1.165) is 11.1 Å². The van der Waals surface area contributed by atoms with Crippen molar-refractivity contribution in [1.29, 1.82) is 0 Å². The van der Waals surface area contributed by atoms with Crippen LogP contribution in [0.15, 0.2) is 60.8 Å². The number of nitrogens with two attached hydrogens (primary N) is 1. The van der Waals surface area contributed by atoms with Gasteiger partial charge in [0.05, 0.1) is 11.1 Å². The first-order valence-corrected chi connectivity index (χ1v) is 8.10. The monoisotopic (exact) mass is 349 g/mol. The van der Waals surface area contributed by atoms with E-state index in [4.69, 9.17) is 5.73 Å². The van der Waals surface area contributed by atoms with Crippen molar-refractivity contribution < 1.29 is 14.7 Å². The van der Waals surface area contributed by atoms with E-state index in [1.807, 2.05) is 30.3 Å². The van der Waals surface area contributed by atoms with Crippen molar-refractivity contribution in [3.8, 4) is 16.9 Å². The number of rotatable bonds is 5. The highest BCUT2D eigenvalue weighted by Gasteiger charge is 2.27. The molecule has 1 amide bonds. The van der Waals surface area contributed by atoms with Crippen LogP contribution in [0.2, 0.25) is 0 Å². The second-order valence-electron chi connectivity index (χ2n) is 6.54. The zero-order chi connectivity index (χ0) is 18.9. The Morgan fingerprint density at radius 1 is 1.04 bits per heavy atom. The van der Waals surface area contributed by atoms with Crippen molar-refractivity contribution in [3.63, 3.8) is 0 Å². The molecule has 0 saturated carbocycles. The molecule has 0 atom stereocenters. The molecule has 26 heavy (non-hydrogen) atoms. The second kappa shape index (κ2) is 6.48. The summed E-state index contributed by atoms with van der Waals surface area (Å²) in [6, 6.07) is 16.3. The van der Waals surface area contributed by atoms with Crippen LogP contribution in [0.5, 0.6) is 0 Å². The highest BCUT2D eigenvalue weighted by atomic mass is 16.4. The molecule has 0 unspecified atom stereocenters. The maximum absolute atomic E-state index is 11.6. The highest BCUT2D eigenvalue weighted by molar-refractivity contribution is 5.94. The molecule has 3 N–H and O–H groups in total. The molecule has 3 aromatic rings. The van der Waals surface area contributed by atoms with Gasteiger partial charge >= 0.3 is 5.97 Å². The summed E-state index contributed by atoms with van der Waals surface area (Å²) in [5, 5.41) is 13.9. The van der Waals surface area contributed by atoms with Gasteiger partial charge in [-0.3, -0.25) is 4.79 Å². The molecule has 0 spiro atoms. The van der Waals surface area contributed by atoms with Gasteiger partial charge in [-0.05, 0) is 31.5 Å². The van der Waals surface area contributed by atoms with Crippen LogP contribution in [-0.2, 0) is 10.2 Å². The van der Waals surface area contributed by atoms with Crippen molar-refractivity contribution >= 4 is 11.9 Å². The van der Waals surface area contributed by atoms with Gasteiger partial charge in [0.25, 0.3) is 0 Å². The summed E-state index contributed by atoms with van der Waals surface area (Å²) < 4.78 is 1.52. The summed E-state index contributed by atoms with van der Waals surface area (Å²) in [6.45, 7) is 3.52. The maximum atomic E-state index is 11.6. The third-order valence-corrected chi connectivity index (χ3v) is 4.46. The van der Waals surface area contributed by atoms with Crippen LogP contribution < -0.4 is 5.73 Å². The predicted octanol–water partition coefficient (Wildman–Crippen LogP) is 3.00. The second-order valence-corrected chi connectivity index (χ2v) is 6.54. The Morgan fingerprint density at radius 3 is 2.19 bits per heavy atom. The van der Waals surface area contributed by atoms with Crippen molar-refractivity contribution in [2.75, 3.05) is 0 Å². The van der Waals surface area contributed by atoms with E-state index in [9.17, 15) is 14.7 Å². The summed E-state index contributed by atoms with van der Waals surface area (Å²) >= 11 is 0. The molecule has 1 aromatic heterocycles. The first-order valence-electron chi connectivity index (χ1n) is 8.10. The summed E-state index contributed by atoms with van der Waals surface area (Å²) in [4.78, 5) is 23.2. The minimum Gasteiger partial charge on any atom is -0.478 e. The molecular formula is C20H19N3O3. The van der Waals surface area contributed by atoms with Gasteiger partial charge in [-0.15, -0.1) is 0 Å². The molecule has 0 aliphatic heterocycles. The predicted molar refractivity (Wildman–Crippen MR) is 98.2 cm³/mol. The van der Waals surface area contributed by atoms with Gasteiger partial charge in [-0.1, -0.05) is 42.5 Å². The number of hydrogen-bond donors (Lipinski definition) is 2. The highest BCUT2D eigenvalue weighted by Crippen LogP contribution is 2.26. The Bertz CT molecular complexity index is 958. The van der Waals surface area contributed by atoms with E-state index >= 15 is 0 Å². The number of benzene rings is 2. The number of carboxylic acid groups (broad SMARTS) is 1. The number of aromatic nitrogens is 2. The summed E-state index contributed by atoms with van der Waals surface area (Å²) in [7, 11) is 0. The van der Waals surface area contributed by atoms with Gasteiger partial charge < -0.3 is 10.8 Å². The van der Waals surface area contributed by atoms with E-state index < -0.39 is 17.3 Å². The molecular weight excluding hydrogens is 330 g/mol. The average Bonchev–Trinajstić information content (AvgIpc) is 3.08. The van der Waals surface area contributed by atoms with Crippen LogP contribution in [0.4, 0.5) is 0 Å². The van der Waals surface area contributed by atoms with E-state index in [1.165, 1.54) is 10.9 Å². The molecule has 2 aromatic carbocycles. The van der Waals surface area contributed by atoms with Crippen LogP contribution in [0.1, 0.15) is 29.8 Å². The third-order valence-electron chi connectivity index (χ3n) is 4.46. The van der Waals surface area contributed by atoms with Crippen LogP contribution in [0.25, 0.3) is 16.9 Å². The maximum Gasteiger partial charge on any atom is 0.339 e. The third kappa shape index (κ3) is 3.09. The van der Waals surface area contributed by atoms with Gasteiger partial charge in [-0.25, -0.2) is 9.48 Å². The van der Waals surface area contributed by atoms with Crippen molar-refractivity contribution in [2.24, 2.45) is 5.73 Å². The van der Waals surface area contributed by atoms with Crippen molar-refractivity contribution in [3.05, 3.63) is 71.9 Å². The Morgan fingerprint density at radius 2 is 1.65 bits per heavy atom. The summed E-state index contributed by atoms with van der Waals surface area (Å²) in [5.41, 5.74) is 7.39. The zero-order valence-electron chi connectivity index (χ0n) is 14.5. The fourth-order valence-corrected chi connectivity index (χ4v) is 2.65. The van der Waals surface area contributed by atoms with E-state index in [-0.39, 0.29) is 5.56 Å². The molecule has 0 bridgehead atoms. The molecule has 132 valence electrons. The standard InChI is InChI=1S/C20H19N3O3/c1-20(2,19(21)26)14-8-10-15(11-9-14)23-12-16(18(24)25)17(22-23)13-6-4-3-5-7-13/h3-12H,1-2H3,(H2,21,26)(H,24,25). The van der Waals surface area contributed by atoms with Crippen molar-refractivity contribution in [2.45, 2.75) is 19.3 Å². The molecule has 6 heteroatoms. The molecule has 3 rings (SSSR count). The molecule has 0 saturated heterocycles. The number of carbonyl (C=O) groups is 2. The number of carboxylic acids is 1. The molecule has 6 nitrogen and oxygen atoms in total. The van der Waals surface area contributed by atoms with Gasteiger partial charge in [0.15, 0.2) is 0 Å². The molecule has 1 heterocycles. The molecule has 0 aliphatic carbocycles. The Kier molecular flexibility index (Phi) is 4.34. The summed E-state index contributed by atoms with van der Waals surface area (Å²) in [5.74, 6) is -1.45. The Labute approximate surface area is 150 Å². The van der Waals surface area contributed by atoms with Crippen LogP contribution >= 0.6 is 0 Å². The largest absolute Gasteiger partial charge is 0.478 e. The van der Waals surface area contributed by atoms with Crippen molar-refractivity contribution in [1.82, 2.24) is 9.78 Å². The lowest BCUT2D eigenvalue weighted by Crippen LogP contribution is -2.35.